The van der Waals surface area contributed by atoms with Gasteiger partial charge in [0.05, 0.1) is 11.1 Å². The molecule has 0 radical (unpaired) electrons. The number of benzene rings is 1. The van der Waals surface area contributed by atoms with Crippen molar-refractivity contribution in [3.05, 3.63) is 35.4 Å². The molecule has 2 aliphatic rings. The molecule has 3 rings (SSSR count). The summed E-state index contributed by atoms with van der Waals surface area (Å²) in [5.41, 5.74) is 0.947. The molecule has 1 aliphatic heterocycles. The third kappa shape index (κ3) is 3.19. The highest BCUT2D eigenvalue weighted by atomic mass is 16.4. The highest BCUT2D eigenvalue weighted by molar-refractivity contribution is 6.21. The zero-order valence-electron chi connectivity index (χ0n) is 13.8. The normalized spacial score (nSPS) is 18.2. The molecular weight excluding hydrogens is 308 g/mol. The topological polar surface area (TPSA) is 77.9 Å². The molecule has 0 aromatic heterocycles. The monoisotopic (exact) mass is 330 g/mol. The van der Waals surface area contributed by atoms with Crippen LogP contribution in [0.5, 0.6) is 0 Å². The molecule has 1 aliphatic carbocycles. The quantitative estimate of drug-likeness (QED) is 0.583. The van der Waals surface area contributed by atoms with Crippen molar-refractivity contribution < 1.29 is 19.5 Å². The molecule has 1 aromatic rings. The minimum atomic E-state index is -0.803. The number of carbonyl (C=O) groups is 3. The van der Waals surface area contributed by atoms with Crippen molar-refractivity contribution >= 4 is 17.8 Å². The van der Waals surface area contributed by atoms with Gasteiger partial charge in [0.2, 0.25) is 0 Å². The summed E-state index contributed by atoms with van der Waals surface area (Å²) in [5, 5.41) is 9.19. The molecule has 1 unspecified atom stereocenters. The third-order valence-corrected chi connectivity index (χ3v) is 4.80. The van der Waals surface area contributed by atoms with Gasteiger partial charge in [0, 0.05) is 12.6 Å². The summed E-state index contributed by atoms with van der Waals surface area (Å²) in [6.45, 7) is 2.78. The van der Waals surface area contributed by atoms with Crippen LogP contribution in [0.2, 0.25) is 0 Å². The number of carboxylic acid groups (broad SMARTS) is 1. The van der Waals surface area contributed by atoms with E-state index < -0.39 is 12.0 Å². The number of imide groups is 1. The standard InChI is InChI=1S/C18H22N2O4/c1-12(18(23)24)19(13-8-9-13)10-4-5-11-20-16(21)14-6-2-3-7-15(14)17(20)22/h2-3,6-7,12-13H,4-5,8-11H2,1H3,(H,23,24). The first-order chi connectivity index (χ1) is 11.5. The minimum Gasteiger partial charge on any atom is -0.480 e. The predicted octanol–water partition coefficient (Wildman–Crippen LogP) is 2.00. The molecule has 0 saturated heterocycles. The predicted molar refractivity (Wildman–Crippen MR) is 87.9 cm³/mol. The van der Waals surface area contributed by atoms with Crippen LogP contribution in [0.1, 0.15) is 53.3 Å². The van der Waals surface area contributed by atoms with E-state index in [1.807, 2.05) is 4.90 Å². The maximum absolute atomic E-state index is 12.3. The summed E-state index contributed by atoms with van der Waals surface area (Å²) >= 11 is 0. The Hall–Kier alpha value is -2.21. The number of hydrogen-bond donors (Lipinski definition) is 1. The average molecular weight is 330 g/mol. The maximum Gasteiger partial charge on any atom is 0.320 e. The van der Waals surface area contributed by atoms with Gasteiger partial charge in [0.1, 0.15) is 6.04 Å². The van der Waals surface area contributed by atoms with E-state index in [1.165, 1.54) is 4.90 Å². The number of aliphatic carboxylic acids is 1. The second-order valence-electron chi connectivity index (χ2n) is 6.50. The molecule has 1 fully saturated rings. The Bertz CT molecular complexity index is 634. The molecule has 0 spiro atoms. The van der Waals surface area contributed by atoms with E-state index in [0.717, 1.165) is 19.3 Å². The summed E-state index contributed by atoms with van der Waals surface area (Å²) in [5.74, 6) is -1.26. The van der Waals surface area contributed by atoms with Crippen LogP contribution in [0.4, 0.5) is 0 Å². The summed E-state index contributed by atoms with van der Waals surface area (Å²) in [6, 6.07) is 6.76. The molecule has 1 atom stereocenters. The Morgan fingerprint density at radius 3 is 2.29 bits per heavy atom. The number of carboxylic acids is 1. The van der Waals surface area contributed by atoms with Crippen LogP contribution in [0.25, 0.3) is 0 Å². The summed E-state index contributed by atoms with van der Waals surface area (Å²) < 4.78 is 0. The van der Waals surface area contributed by atoms with Crippen LogP contribution < -0.4 is 0 Å². The molecule has 1 aromatic carbocycles. The summed E-state index contributed by atoms with van der Waals surface area (Å²) in [4.78, 5) is 39.0. The number of unbranched alkanes of at least 4 members (excludes halogenated alkanes) is 1. The Kier molecular flexibility index (Phi) is 4.66. The third-order valence-electron chi connectivity index (χ3n) is 4.80. The second-order valence-corrected chi connectivity index (χ2v) is 6.50. The van der Waals surface area contributed by atoms with Gasteiger partial charge in [-0.15, -0.1) is 0 Å². The van der Waals surface area contributed by atoms with Gasteiger partial charge in [-0.25, -0.2) is 0 Å². The van der Waals surface area contributed by atoms with E-state index in [0.29, 0.717) is 36.7 Å². The van der Waals surface area contributed by atoms with E-state index in [2.05, 4.69) is 0 Å². The van der Waals surface area contributed by atoms with E-state index >= 15 is 0 Å². The van der Waals surface area contributed by atoms with Crippen LogP contribution in [-0.4, -0.2) is 57.9 Å². The lowest BCUT2D eigenvalue weighted by Gasteiger charge is -2.26. The Labute approximate surface area is 141 Å². The van der Waals surface area contributed by atoms with Crippen molar-refractivity contribution in [3.8, 4) is 0 Å². The van der Waals surface area contributed by atoms with E-state index in [9.17, 15) is 19.5 Å². The fourth-order valence-corrected chi connectivity index (χ4v) is 3.25. The lowest BCUT2D eigenvalue weighted by molar-refractivity contribution is -0.142. The minimum absolute atomic E-state index is 0.228. The summed E-state index contributed by atoms with van der Waals surface area (Å²) in [7, 11) is 0. The van der Waals surface area contributed by atoms with Crippen molar-refractivity contribution in [2.24, 2.45) is 0 Å². The number of fused-ring (bicyclic) bond motifs is 1. The van der Waals surface area contributed by atoms with Crippen LogP contribution in [0.3, 0.4) is 0 Å². The molecule has 24 heavy (non-hydrogen) atoms. The van der Waals surface area contributed by atoms with Gasteiger partial charge in [0.15, 0.2) is 0 Å². The molecule has 1 N–H and O–H groups in total. The molecule has 2 amide bonds. The molecule has 6 heteroatoms. The van der Waals surface area contributed by atoms with Crippen LogP contribution in [0.15, 0.2) is 24.3 Å². The Morgan fingerprint density at radius 2 is 1.79 bits per heavy atom. The van der Waals surface area contributed by atoms with Crippen LogP contribution in [0, 0.1) is 0 Å². The van der Waals surface area contributed by atoms with Gasteiger partial charge in [-0.1, -0.05) is 12.1 Å². The molecule has 128 valence electrons. The fraction of sp³-hybridized carbons (Fsp3) is 0.500. The second kappa shape index (κ2) is 6.73. The van der Waals surface area contributed by atoms with Gasteiger partial charge in [0.25, 0.3) is 11.8 Å². The molecule has 1 heterocycles. The Balaban J connectivity index is 1.51. The Morgan fingerprint density at radius 1 is 1.21 bits per heavy atom. The molecule has 6 nitrogen and oxygen atoms in total. The average Bonchev–Trinajstić information content (AvgIpc) is 3.38. The van der Waals surface area contributed by atoms with Crippen molar-refractivity contribution in [2.45, 2.75) is 44.7 Å². The van der Waals surface area contributed by atoms with Crippen molar-refractivity contribution in [2.75, 3.05) is 13.1 Å². The highest BCUT2D eigenvalue weighted by Gasteiger charge is 2.36. The summed E-state index contributed by atoms with van der Waals surface area (Å²) in [6.07, 6.45) is 3.55. The highest BCUT2D eigenvalue weighted by Crippen LogP contribution is 2.29. The first-order valence-corrected chi connectivity index (χ1v) is 8.44. The van der Waals surface area contributed by atoms with Gasteiger partial charge >= 0.3 is 5.97 Å². The lowest BCUT2D eigenvalue weighted by Crippen LogP contribution is -2.41. The van der Waals surface area contributed by atoms with Crippen LogP contribution >= 0.6 is 0 Å². The van der Waals surface area contributed by atoms with E-state index in [1.54, 1.807) is 31.2 Å². The lowest BCUT2D eigenvalue weighted by atomic mass is 10.1. The number of amides is 2. The fourth-order valence-electron chi connectivity index (χ4n) is 3.25. The van der Waals surface area contributed by atoms with Crippen LogP contribution in [-0.2, 0) is 4.79 Å². The largest absolute Gasteiger partial charge is 0.480 e. The van der Waals surface area contributed by atoms with E-state index in [4.69, 9.17) is 0 Å². The zero-order chi connectivity index (χ0) is 17.3. The molecule has 1 saturated carbocycles. The van der Waals surface area contributed by atoms with Crippen molar-refractivity contribution in [1.29, 1.82) is 0 Å². The van der Waals surface area contributed by atoms with Gasteiger partial charge in [-0.2, -0.15) is 0 Å². The van der Waals surface area contributed by atoms with Crippen molar-refractivity contribution in [1.82, 2.24) is 9.80 Å². The zero-order valence-corrected chi connectivity index (χ0v) is 13.8. The SMILES string of the molecule is CC(C(=O)O)N(CCCCN1C(=O)c2ccccc2C1=O)C1CC1. The van der Waals surface area contributed by atoms with E-state index in [-0.39, 0.29) is 11.8 Å². The number of rotatable bonds is 8. The molecular formula is C18H22N2O4. The number of carbonyl (C=O) groups excluding carboxylic acids is 2. The first kappa shape index (κ1) is 16.6. The number of nitrogens with zero attached hydrogens (tertiary/aromatic N) is 2. The smallest absolute Gasteiger partial charge is 0.320 e. The van der Waals surface area contributed by atoms with Crippen molar-refractivity contribution in [3.63, 3.8) is 0 Å². The molecule has 0 bridgehead atoms. The maximum atomic E-state index is 12.3. The first-order valence-electron chi connectivity index (χ1n) is 8.44. The van der Waals surface area contributed by atoms with Gasteiger partial charge < -0.3 is 5.11 Å². The van der Waals surface area contributed by atoms with Gasteiger partial charge in [-0.3, -0.25) is 24.2 Å². The van der Waals surface area contributed by atoms with Gasteiger partial charge in [-0.05, 0) is 51.3 Å². The number of hydrogen-bond acceptors (Lipinski definition) is 4.